The molecule has 3 rings (SSSR count). The first kappa shape index (κ1) is 22.3. The predicted octanol–water partition coefficient (Wildman–Crippen LogP) is 7.31. The summed E-state index contributed by atoms with van der Waals surface area (Å²) in [5.41, 5.74) is 11.4. The quantitative estimate of drug-likeness (QED) is 0.401. The number of hydrogen-bond donors (Lipinski definition) is 1. The summed E-state index contributed by atoms with van der Waals surface area (Å²) in [6.07, 6.45) is 2.27. The third-order valence-corrected chi connectivity index (χ3v) is 7.35. The van der Waals surface area contributed by atoms with E-state index in [1.165, 1.54) is 28.7 Å². The minimum atomic E-state index is 0.0654. The normalized spacial score (nSPS) is 16.4. The summed E-state index contributed by atoms with van der Waals surface area (Å²) in [5.74, 6) is 1.55. The van der Waals surface area contributed by atoms with E-state index in [4.69, 9.17) is 5.73 Å². The van der Waals surface area contributed by atoms with Gasteiger partial charge in [-0.25, -0.2) is 0 Å². The van der Waals surface area contributed by atoms with Crippen LogP contribution in [0.25, 0.3) is 0 Å². The first-order valence-electron chi connectivity index (χ1n) is 11.4. The Morgan fingerprint density at radius 3 is 2.00 bits per heavy atom. The lowest BCUT2D eigenvalue weighted by atomic mass is 9.62. The molecule has 0 fully saturated rings. The Hall–Kier alpha value is -2.38. The van der Waals surface area contributed by atoms with Crippen LogP contribution in [0, 0.1) is 11.8 Å². The van der Waals surface area contributed by atoms with Crippen molar-refractivity contribution >= 4 is 0 Å². The molecule has 3 aromatic rings. The molecule has 3 aromatic carbocycles. The summed E-state index contributed by atoms with van der Waals surface area (Å²) in [6, 6.07) is 31.0. The van der Waals surface area contributed by atoms with Crippen LogP contribution in [-0.2, 0) is 12.0 Å². The molecule has 0 radical (unpaired) electrons. The van der Waals surface area contributed by atoms with Crippen LogP contribution in [-0.4, -0.2) is 0 Å². The molecule has 0 heterocycles. The summed E-state index contributed by atoms with van der Waals surface area (Å²) in [5, 5.41) is 0. The average Bonchev–Trinajstić information content (AvgIpc) is 2.82. The summed E-state index contributed by atoms with van der Waals surface area (Å²) in [7, 11) is 0. The first-order chi connectivity index (χ1) is 14.5. The van der Waals surface area contributed by atoms with Crippen molar-refractivity contribution in [3.63, 3.8) is 0 Å². The van der Waals surface area contributed by atoms with E-state index in [1.54, 1.807) is 0 Å². The minimum absolute atomic E-state index is 0.0654. The fourth-order valence-corrected chi connectivity index (χ4v) is 4.84. The average molecular weight is 400 g/mol. The molecule has 0 saturated carbocycles. The van der Waals surface area contributed by atoms with Gasteiger partial charge in [-0.2, -0.15) is 0 Å². The van der Waals surface area contributed by atoms with Crippen LogP contribution in [0.5, 0.6) is 0 Å². The van der Waals surface area contributed by atoms with Gasteiger partial charge in [0, 0.05) is 12.5 Å². The van der Waals surface area contributed by atoms with E-state index in [0.717, 1.165) is 6.42 Å². The summed E-state index contributed by atoms with van der Waals surface area (Å²) >= 11 is 0. The van der Waals surface area contributed by atoms with Crippen LogP contribution in [0.1, 0.15) is 68.7 Å². The lowest BCUT2D eigenvalue weighted by Gasteiger charge is -2.42. The monoisotopic (exact) mass is 399 g/mol. The molecule has 1 heteroatoms. The molecule has 0 aromatic heterocycles. The van der Waals surface area contributed by atoms with Crippen LogP contribution in [0.3, 0.4) is 0 Å². The van der Waals surface area contributed by atoms with E-state index < -0.39 is 0 Å². The highest BCUT2D eigenvalue weighted by molar-refractivity contribution is 5.37. The van der Waals surface area contributed by atoms with Crippen molar-refractivity contribution in [3.05, 3.63) is 107 Å². The SMILES string of the molecule is CCC(C)C(C)C(C)(CC(c1ccccc1)c1cccc(CN)c1)c1ccccc1. The van der Waals surface area contributed by atoms with Gasteiger partial charge in [0.25, 0.3) is 0 Å². The molecule has 0 aliphatic carbocycles. The molecule has 0 aliphatic rings. The third kappa shape index (κ3) is 4.84. The van der Waals surface area contributed by atoms with Gasteiger partial charge in [-0.3, -0.25) is 0 Å². The molecule has 0 amide bonds. The molecular weight excluding hydrogens is 362 g/mol. The van der Waals surface area contributed by atoms with Gasteiger partial charge in [0.15, 0.2) is 0 Å². The predicted molar refractivity (Wildman–Crippen MR) is 130 cm³/mol. The zero-order chi connectivity index (χ0) is 21.6. The summed E-state index contributed by atoms with van der Waals surface area (Å²) in [4.78, 5) is 0. The van der Waals surface area contributed by atoms with Gasteiger partial charge in [0.1, 0.15) is 0 Å². The van der Waals surface area contributed by atoms with E-state index >= 15 is 0 Å². The third-order valence-electron chi connectivity index (χ3n) is 7.35. The maximum atomic E-state index is 5.98. The lowest BCUT2D eigenvalue weighted by molar-refractivity contribution is 0.205. The van der Waals surface area contributed by atoms with Crippen molar-refractivity contribution in [1.29, 1.82) is 0 Å². The zero-order valence-electron chi connectivity index (χ0n) is 19.0. The zero-order valence-corrected chi connectivity index (χ0v) is 19.0. The van der Waals surface area contributed by atoms with E-state index in [9.17, 15) is 0 Å². The van der Waals surface area contributed by atoms with Crippen molar-refractivity contribution in [2.24, 2.45) is 17.6 Å². The van der Waals surface area contributed by atoms with Gasteiger partial charge in [0.2, 0.25) is 0 Å². The smallest absolute Gasteiger partial charge is 0.0178 e. The number of hydrogen-bond acceptors (Lipinski definition) is 1. The Morgan fingerprint density at radius 1 is 0.800 bits per heavy atom. The van der Waals surface area contributed by atoms with Crippen molar-refractivity contribution < 1.29 is 0 Å². The highest BCUT2D eigenvalue weighted by atomic mass is 14.5. The second-order valence-electron chi connectivity index (χ2n) is 9.07. The molecule has 30 heavy (non-hydrogen) atoms. The van der Waals surface area contributed by atoms with Gasteiger partial charge in [-0.15, -0.1) is 0 Å². The van der Waals surface area contributed by atoms with Crippen LogP contribution >= 0.6 is 0 Å². The van der Waals surface area contributed by atoms with Crippen LogP contribution < -0.4 is 5.73 Å². The maximum Gasteiger partial charge on any atom is 0.0178 e. The van der Waals surface area contributed by atoms with Crippen LogP contribution in [0.2, 0.25) is 0 Å². The lowest BCUT2D eigenvalue weighted by Crippen LogP contribution is -2.36. The van der Waals surface area contributed by atoms with Gasteiger partial charge >= 0.3 is 0 Å². The first-order valence-corrected chi connectivity index (χ1v) is 11.4. The Balaban J connectivity index is 2.11. The Labute approximate surface area is 183 Å². The number of nitrogens with two attached hydrogens (primary N) is 1. The maximum absolute atomic E-state index is 5.98. The number of rotatable bonds is 9. The highest BCUT2D eigenvalue weighted by Crippen LogP contribution is 2.46. The van der Waals surface area contributed by atoms with E-state index in [1.807, 2.05) is 0 Å². The topological polar surface area (TPSA) is 26.0 Å². The van der Waals surface area contributed by atoms with Gasteiger partial charge < -0.3 is 5.73 Å². The molecule has 0 spiro atoms. The molecule has 158 valence electrons. The summed E-state index contributed by atoms with van der Waals surface area (Å²) < 4.78 is 0. The molecule has 4 atom stereocenters. The molecule has 0 aliphatic heterocycles. The highest BCUT2D eigenvalue weighted by Gasteiger charge is 2.38. The Bertz CT molecular complexity index is 902. The van der Waals surface area contributed by atoms with Crippen molar-refractivity contribution in [2.45, 2.75) is 58.4 Å². The second kappa shape index (κ2) is 10.1. The van der Waals surface area contributed by atoms with E-state index in [0.29, 0.717) is 24.3 Å². The molecule has 2 N–H and O–H groups in total. The molecule has 0 saturated heterocycles. The van der Waals surface area contributed by atoms with E-state index in [-0.39, 0.29) is 5.41 Å². The molecule has 0 bridgehead atoms. The largest absolute Gasteiger partial charge is 0.326 e. The van der Waals surface area contributed by atoms with Crippen molar-refractivity contribution in [2.75, 3.05) is 0 Å². The fraction of sp³-hybridized carbons (Fsp3) is 0.379. The van der Waals surface area contributed by atoms with Crippen molar-refractivity contribution in [3.8, 4) is 0 Å². The number of benzene rings is 3. The molecule has 1 nitrogen and oxygen atoms in total. The molecular formula is C29H37N. The molecule has 4 unspecified atom stereocenters. The van der Waals surface area contributed by atoms with Gasteiger partial charge in [-0.05, 0) is 45.9 Å². The minimum Gasteiger partial charge on any atom is -0.326 e. The summed E-state index contributed by atoms with van der Waals surface area (Å²) in [6.45, 7) is 10.2. The Morgan fingerprint density at radius 2 is 1.40 bits per heavy atom. The van der Waals surface area contributed by atoms with Crippen LogP contribution in [0.4, 0.5) is 0 Å². The fourth-order valence-electron chi connectivity index (χ4n) is 4.84. The van der Waals surface area contributed by atoms with Gasteiger partial charge in [0.05, 0.1) is 0 Å². The van der Waals surface area contributed by atoms with Crippen molar-refractivity contribution in [1.82, 2.24) is 0 Å². The van der Waals surface area contributed by atoms with Gasteiger partial charge in [-0.1, -0.05) is 119 Å². The second-order valence-corrected chi connectivity index (χ2v) is 9.07. The van der Waals surface area contributed by atoms with E-state index in [2.05, 4.69) is 113 Å². The van der Waals surface area contributed by atoms with Crippen LogP contribution in [0.15, 0.2) is 84.9 Å². The standard InChI is InChI=1S/C29H37N/c1-5-22(2)23(3)29(4,27-17-10-7-11-18-27)20-28(25-14-8-6-9-15-25)26-16-12-13-24(19-26)21-30/h6-19,22-23,28H,5,20-21,30H2,1-4H3. The Kier molecular flexibility index (Phi) is 7.50.